The fourth-order valence-electron chi connectivity index (χ4n) is 6.43. The number of hydrogen-bond acceptors (Lipinski definition) is 3. The van der Waals surface area contributed by atoms with Crippen molar-refractivity contribution in [1.82, 2.24) is 0 Å². The van der Waals surface area contributed by atoms with Gasteiger partial charge in [-0.1, -0.05) is 18.2 Å². The van der Waals surface area contributed by atoms with Gasteiger partial charge in [0.05, 0.1) is 24.2 Å². The molecule has 1 spiro atoms. The van der Waals surface area contributed by atoms with Crippen LogP contribution in [0.5, 0.6) is 5.75 Å². The van der Waals surface area contributed by atoms with E-state index in [0.717, 1.165) is 60.2 Å². The molecule has 1 aromatic carbocycles. The van der Waals surface area contributed by atoms with Crippen LogP contribution in [0.3, 0.4) is 0 Å². The summed E-state index contributed by atoms with van der Waals surface area (Å²) in [5.41, 5.74) is 5.29. The summed E-state index contributed by atoms with van der Waals surface area (Å²) in [5, 5.41) is 13.9. The van der Waals surface area contributed by atoms with Gasteiger partial charge in [0.25, 0.3) is 0 Å². The van der Waals surface area contributed by atoms with Gasteiger partial charge < -0.3 is 38.9 Å². The number of likely N-dealkylation sites (N-methyl/N-ethyl adjacent to an activating group) is 1. The first-order chi connectivity index (χ1) is 12.1. The van der Waals surface area contributed by atoms with Crippen molar-refractivity contribution in [3.8, 4) is 5.75 Å². The SMILES string of the molecule is C/C=C1\C[N+]2(CC)CC[C@]34C(=C(C=O)C1CC32)Nc1c(O)cccc14.[I-]. The topological polar surface area (TPSA) is 49.3 Å². The van der Waals surface area contributed by atoms with E-state index in [9.17, 15) is 9.90 Å². The van der Waals surface area contributed by atoms with E-state index in [0.29, 0.717) is 11.8 Å². The number of piperidine rings is 1. The number of carbonyl (C=O) groups excluding carboxylic acids is 1. The molecular formula is C21H25IN2O2. The Kier molecular flexibility index (Phi) is 4.04. The molecule has 5 heteroatoms. The van der Waals surface area contributed by atoms with Crippen molar-refractivity contribution in [2.45, 2.75) is 38.1 Å². The highest BCUT2D eigenvalue weighted by molar-refractivity contribution is 5.85. The quantitative estimate of drug-likeness (QED) is 0.215. The highest BCUT2D eigenvalue weighted by Gasteiger charge is 2.68. The number of hydrogen-bond donors (Lipinski definition) is 2. The van der Waals surface area contributed by atoms with E-state index in [1.807, 2.05) is 6.07 Å². The Morgan fingerprint density at radius 3 is 2.92 bits per heavy atom. The van der Waals surface area contributed by atoms with Crippen molar-refractivity contribution >= 4 is 12.0 Å². The van der Waals surface area contributed by atoms with Crippen LogP contribution < -0.4 is 29.3 Å². The first-order valence-corrected chi connectivity index (χ1v) is 9.41. The van der Waals surface area contributed by atoms with Gasteiger partial charge in [-0.05, 0) is 31.1 Å². The largest absolute Gasteiger partial charge is 1.00 e. The molecule has 2 N–H and O–H groups in total. The highest BCUT2D eigenvalue weighted by Crippen LogP contribution is 2.64. The van der Waals surface area contributed by atoms with Gasteiger partial charge in [-0.15, -0.1) is 0 Å². The number of phenols is 1. The van der Waals surface area contributed by atoms with E-state index in [4.69, 9.17) is 0 Å². The van der Waals surface area contributed by atoms with Gasteiger partial charge in [0.15, 0.2) is 0 Å². The second kappa shape index (κ2) is 5.83. The van der Waals surface area contributed by atoms with Gasteiger partial charge in [0, 0.05) is 30.0 Å². The zero-order valence-corrected chi connectivity index (χ0v) is 17.4. The average molecular weight is 464 g/mol. The third-order valence-electron chi connectivity index (χ3n) is 7.60. The Balaban J connectivity index is 0.00000168. The lowest BCUT2D eigenvalue weighted by molar-refractivity contribution is -0.940. The zero-order valence-electron chi connectivity index (χ0n) is 15.3. The van der Waals surface area contributed by atoms with Crippen LogP contribution in [0.15, 0.2) is 41.1 Å². The van der Waals surface area contributed by atoms with Crippen LogP contribution in [0.1, 0.15) is 32.3 Å². The number of quaternary nitrogens is 1. The summed E-state index contributed by atoms with van der Waals surface area (Å²) in [6, 6.07) is 6.32. The molecule has 5 rings (SSSR count). The van der Waals surface area contributed by atoms with Crippen molar-refractivity contribution in [2.24, 2.45) is 5.92 Å². The molecule has 3 heterocycles. The Morgan fingerprint density at radius 1 is 1.42 bits per heavy atom. The number of aromatic hydroxyl groups is 1. The lowest BCUT2D eigenvalue weighted by Crippen LogP contribution is -3.00. The molecule has 0 saturated carbocycles. The molecule has 0 amide bonds. The minimum absolute atomic E-state index is 0. The summed E-state index contributed by atoms with van der Waals surface area (Å²) in [4.78, 5) is 12.1. The number of benzene rings is 1. The number of fused-ring (bicyclic) bond motifs is 2. The lowest BCUT2D eigenvalue weighted by atomic mass is 9.61. The van der Waals surface area contributed by atoms with Crippen LogP contribution >= 0.6 is 0 Å². The van der Waals surface area contributed by atoms with Crippen LogP contribution in [0, 0.1) is 5.92 Å². The van der Waals surface area contributed by atoms with E-state index in [1.54, 1.807) is 6.07 Å². The van der Waals surface area contributed by atoms with Gasteiger partial charge >= 0.3 is 0 Å². The second-order valence-electron chi connectivity index (χ2n) is 8.08. The van der Waals surface area contributed by atoms with Crippen LogP contribution in [0.25, 0.3) is 0 Å². The van der Waals surface area contributed by atoms with Gasteiger partial charge in [-0.3, -0.25) is 4.79 Å². The summed E-state index contributed by atoms with van der Waals surface area (Å²) < 4.78 is 1.11. The summed E-state index contributed by atoms with van der Waals surface area (Å²) in [6.45, 7) is 7.72. The summed E-state index contributed by atoms with van der Waals surface area (Å²) >= 11 is 0. The van der Waals surface area contributed by atoms with Gasteiger partial charge in [-0.25, -0.2) is 0 Å². The molecule has 4 aliphatic rings. The number of rotatable bonds is 2. The van der Waals surface area contributed by atoms with Crippen LogP contribution in [0.4, 0.5) is 5.69 Å². The molecule has 4 atom stereocenters. The van der Waals surface area contributed by atoms with Crippen molar-refractivity contribution < 1.29 is 38.4 Å². The standard InChI is InChI=1S/C21H24N2O2.HI/c1-3-13-11-23(4-2)9-8-21-16-6-5-7-17(25)19(16)22-20(21)15(12-24)14(13)10-18(21)23;/h3,5-7,12,14,18H,4,8-11H2,1-2H3,(H-,22,24,25);1H/b13-3+;/t14?,18?,21-,23?;/m1./s1. The smallest absolute Gasteiger partial charge is 0.148 e. The first-order valence-electron chi connectivity index (χ1n) is 9.41. The number of aldehydes is 1. The Morgan fingerprint density at radius 2 is 2.23 bits per heavy atom. The highest BCUT2D eigenvalue weighted by atomic mass is 127. The predicted octanol–water partition coefficient (Wildman–Crippen LogP) is 0.101. The number of para-hydroxylation sites is 1. The number of phenolic OH excluding ortho intramolecular Hbond substituents is 1. The van der Waals surface area contributed by atoms with Gasteiger partial charge in [-0.2, -0.15) is 0 Å². The number of allylic oxidation sites excluding steroid dienone is 2. The molecular weight excluding hydrogens is 439 g/mol. The van der Waals surface area contributed by atoms with E-state index in [1.165, 1.54) is 11.1 Å². The minimum atomic E-state index is -0.129. The first kappa shape index (κ1) is 18.0. The average Bonchev–Trinajstić information content (AvgIpc) is 3.17. The molecule has 2 saturated heterocycles. The molecule has 0 aromatic heterocycles. The van der Waals surface area contributed by atoms with Crippen LogP contribution in [0.2, 0.25) is 0 Å². The number of nitrogens with zero attached hydrogens (tertiary/aromatic N) is 1. The molecule has 4 nitrogen and oxygen atoms in total. The maximum absolute atomic E-state index is 12.1. The number of carbonyl (C=O) groups is 1. The molecule has 138 valence electrons. The number of halogens is 1. The molecule has 1 aliphatic carbocycles. The number of anilines is 1. The molecule has 2 fully saturated rings. The maximum Gasteiger partial charge on any atom is 0.148 e. The maximum atomic E-state index is 12.1. The Labute approximate surface area is 171 Å². The van der Waals surface area contributed by atoms with E-state index < -0.39 is 0 Å². The molecule has 2 bridgehead atoms. The normalized spacial score (nSPS) is 37.7. The Bertz CT molecular complexity index is 862. The molecule has 26 heavy (non-hydrogen) atoms. The van der Waals surface area contributed by atoms with E-state index in [-0.39, 0.29) is 35.3 Å². The molecule has 0 radical (unpaired) electrons. The van der Waals surface area contributed by atoms with Crippen molar-refractivity contribution in [1.29, 1.82) is 0 Å². The van der Waals surface area contributed by atoms with Crippen molar-refractivity contribution in [3.05, 3.63) is 46.7 Å². The Hall–Kier alpha value is -1.34. The second-order valence-corrected chi connectivity index (χ2v) is 8.08. The fourth-order valence-corrected chi connectivity index (χ4v) is 6.43. The predicted molar refractivity (Wildman–Crippen MR) is 97.3 cm³/mol. The minimum Gasteiger partial charge on any atom is -1.00 e. The molecule has 3 aliphatic heterocycles. The summed E-state index contributed by atoms with van der Waals surface area (Å²) in [6.07, 6.45) is 5.39. The zero-order chi connectivity index (χ0) is 17.4. The van der Waals surface area contributed by atoms with E-state index >= 15 is 0 Å². The monoisotopic (exact) mass is 464 g/mol. The molecule has 1 aromatic rings. The van der Waals surface area contributed by atoms with Gasteiger partial charge in [0.1, 0.15) is 24.6 Å². The lowest BCUT2D eigenvalue weighted by Gasteiger charge is -2.53. The third kappa shape index (κ3) is 1.86. The fraction of sp³-hybridized carbons (Fsp3) is 0.476. The van der Waals surface area contributed by atoms with Gasteiger partial charge in [0.2, 0.25) is 0 Å². The third-order valence-corrected chi connectivity index (χ3v) is 7.60. The number of nitrogens with one attached hydrogen (secondary N) is 1. The van der Waals surface area contributed by atoms with Crippen molar-refractivity contribution in [2.75, 3.05) is 25.0 Å². The van der Waals surface area contributed by atoms with Crippen molar-refractivity contribution in [3.63, 3.8) is 0 Å². The summed E-state index contributed by atoms with van der Waals surface area (Å²) in [5.74, 6) is 0.525. The van der Waals surface area contributed by atoms with Crippen LogP contribution in [-0.4, -0.2) is 41.6 Å². The summed E-state index contributed by atoms with van der Waals surface area (Å²) in [7, 11) is 0. The van der Waals surface area contributed by atoms with Crippen LogP contribution in [-0.2, 0) is 10.2 Å². The van der Waals surface area contributed by atoms with E-state index in [2.05, 4.69) is 31.3 Å². The molecule has 3 unspecified atom stereocenters.